The summed E-state index contributed by atoms with van der Waals surface area (Å²) in [5, 5.41) is 4.76. The van der Waals surface area contributed by atoms with Crippen LogP contribution in [0.5, 0.6) is 0 Å². The molecule has 0 bridgehead atoms. The number of ether oxygens (including phenoxy) is 1. The Morgan fingerprint density at radius 3 is 2.89 bits per heavy atom. The Morgan fingerprint density at radius 2 is 2.11 bits per heavy atom. The summed E-state index contributed by atoms with van der Waals surface area (Å²) in [6, 6.07) is 8.69. The summed E-state index contributed by atoms with van der Waals surface area (Å²) in [6.45, 7) is 7.15. The third kappa shape index (κ3) is 3.51. The number of pyridine rings is 1. The van der Waals surface area contributed by atoms with Crippen molar-refractivity contribution in [2.45, 2.75) is 58.2 Å². The normalized spacial score (nSPS) is 20.1. The molecule has 0 saturated carbocycles. The Morgan fingerprint density at radius 1 is 1.26 bits per heavy atom. The SMILES string of the molecule is CCc1nc2c(N)nc3ccccc3c2n1CCCCNC1CCOC1C. The molecule has 2 atom stereocenters. The first-order valence-electron chi connectivity index (χ1n) is 10.1. The summed E-state index contributed by atoms with van der Waals surface area (Å²) < 4.78 is 7.96. The first kappa shape index (κ1) is 18.2. The van der Waals surface area contributed by atoms with Gasteiger partial charge in [0, 0.05) is 31.0 Å². The summed E-state index contributed by atoms with van der Waals surface area (Å²) >= 11 is 0. The van der Waals surface area contributed by atoms with Gasteiger partial charge in [0.2, 0.25) is 0 Å². The highest BCUT2D eigenvalue weighted by atomic mass is 16.5. The van der Waals surface area contributed by atoms with Crippen LogP contribution in [0.15, 0.2) is 24.3 Å². The summed E-state index contributed by atoms with van der Waals surface area (Å²) in [6.07, 6.45) is 4.56. The number of fused-ring (bicyclic) bond motifs is 3. The largest absolute Gasteiger partial charge is 0.382 e. The van der Waals surface area contributed by atoms with Gasteiger partial charge in [-0.3, -0.25) is 0 Å². The zero-order valence-electron chi connectivity index (χ0n) is 16.2. The summed E-state index contributed by atoms with van der Waals surface area (Å²) in [4.78, 5) is 9.33. The van der Waals surface area contributed by atoms with Crippen molar-refractivity contribution in [2.75, 3.05) is 18.9 Å². The molecule has 4 rings (SSSR count). The first-order chi connectivity index (χ1) is 13.2. The molecule has 144 valence electrons. The predicted molar refractivity (Wildman–Crippen MR) is 110 cm³/mol. The Kier molecular flexibility index (Phi) is 5.27. The van der Waals surface area contributed by atoms with Crippen molar-refractivity contribution >= 4 is 27.8 Å². The van der Waals surface area contributed by atoms with E-state index < -0.39 is 0 Å². The number of hydrogen-bond donors (Lipinski definition) is 2. The van der Waals surface area contributed by atoms with Crippen molar-refractivity contribution in [3.8, 4) is 0 Å². The second-order valence-electron chi connectivity index (χ2n) is 7.38. The van der Waals surface area contributed by atoms with Gasteiger partial charge in [-0.15, -0.1) is 0 Å². The van der Waals surface area contributed by atoms with E-state index in [4.69, 9.17) is 15.5 Å². The van der Waals surface area contributed by atoms with Crippen molar-refractivity contribution in [2.24, 2.45) is 0 Å². The number of rotatable bonds is 7. The second-order valence-corrected chi connectivity index (χ2v) is 7.38. The molecule has 6 nitrogen and oxygen atoms in total. The molecule has 0 amide bonds. The molecular formula is C21H29N5O. The summed E-state index contributed by atoms with van der Waals surface area (Å²) in [5.41, 5.74) is 9.10. The van der Waals surface area contributed by atoms with Gasteiger partial charge in [0.15, 0.2) is 5.82 Å². The first-order valence-corrected chi connectivity index (χ1v) is 10.1. The Balaban J connectivity index is 1.52. The van der Waals surface area contributed by atoms with E-state index >= 15 is 0 Å². The number of aromatic nitrogens is 3. The Labute approximate surface area is 160 Å². The molecule has 1 aliphatic rings. The van der Waals surface area contributed by atoms with E-state index in [-0.39, 0.29) is 0 Å². The third-order valence-electron chi connectivity index (χ3n) is 5.60. The molecular weight excluding hydrogens is 338 g/mol. The monoisotopic (exact) mass is 367 g/mol. The second kappa shape index (κ2) is 7.82. The number of benzene rings is 1. The van der Waals surface area contributed by atoms with E-state index in [0.29, 0.717) is 18.0 Å². The molecule has 1 saturated heterocycles. The number of hydrogen-bond acceptors (Lipinski definition) is 5. The average molecular weight is 367 g/mol. The van der Waals surface area contributed by atoms with Gasteiger partial charge in [0.05, 0.1) is 17.1 Å². The van der Waals surface area contributed by atoms with Crippen LogP contribution in [0.25, 0.3) is 21.9 Å². The fourth-order valence-corrected chi connectivity index (χ4v) is 4.10. The van der Waals surface area contributed by atoms with Gasteiger partial charge in [-0.1, -0.05) is 25.1 Å². The number of unbranched alkanes of at least 4 members (excludes halogenated alkanes) is 1. The van der Waals surface area contributed by atoms with Crippen LogP contribution in [-0.2, 0) is 17.7 Å². The lowest BCUT2D eigenvalue weighted by atomic mass is 10.1. The highest BCUT2D eigenvalue weighted by Gasteiger charge is 2.23. The number of imidazole rings is 1. The van der Waals surface area contributed by atoms with Gasteiger partial charge >= 0.3 is 0 Å². The van der Waals surface area contributed by atoms with E-state index in [2.05, 4.69) is 40.8 Å². The number of nitrogens with two attached hydrogens (primary N) is 1. The summed E-state index contributed by atoms with van der Waals surface area (Å²) in [5.74, 6) is 1.61. The van der Waals surface area contributed by atoms with E-state index in [9.17, 15) is 0 Å². The van der Waals surface area contributed by atoms with Crippen LogP contribution in [0, 0.1) is 0 Å². The highest BCUT2D eigenvalue weighted by molar-refractivity contribution is 6.06. The maximum Gasteiger partial charge on any atom is 0.152 e. The molecule has 3 N–H and O–H groups in total. The van der Waals surface area contributed by atoms with Gasteiger partial charge in [0.25, 0.3) is 0 Å². The molecule has 1 aromatic carbocycles. The fourth-order valence-electron chi connectivity index (χ4n) is 4.10. The van der Waals surface area contributed by atoms with Crippen LogP contribution in [0.1, 0.15) is 38.9 Å². The van der Waals surface area contributed by atoms with Crippen LogP contribution in [-0.4, -0.2) is 39.8 Å². The number of aryl methyl sites for hydroxylation is 2. The van der Waals surface area contributed by atoms with Gasteiger partial charge in [-0.2, -0.15) is 0 Å². The summed E-state index contributed by atoms with van der Waals surface area (Å²) in [7, 11) is 0. The van der Waals surface area contributed by atoms with Gasteiger partial charge in [0.1, 0.15) is 11.3 Å². The lowest BCUT2D eigenvalue weighted by molar-refractivity contribution is 0.113. The molecule has 0 aliphatic carbocycles. The van der Waals surface area contributed by atoms with E-state index in [1.54, 1.807) is 0 Å². The van der Waals surface area contributed by atoms with Crippen LogP contribution in [0.2, 0.25) is 0 Å². The minimum atomic E-state index is 0.330. The lowest BCUT2D eigenvalue weighted by Crippen LogP contribution is -2.35. The number of nitrogens with one attached hydrogen (secondary N) is 1. The van der Waals surface area contributed by atoms with Crippen molar-refractivity contribution in [1.29, 1.82) is 0 Å². The fraction of sp³-hybridized carbons (Fsp3) is 0.524. The molecule has 3 aromatic rings. The Hall–Kier alpha value is -2.18. The molecule has 27 heavy (non-hydrogen) atoms. The molecule has 3 heterocycles. The number of anilines is 1. The Bertz CT molecular complexity index is 935. The van der Waals surface area contributed by atoms with E-state index in [1.807, 2.05) is 12.1 Å². The van der Waals surface area contributed by atoms with Crippen molar-refractivity contribution in [3.05, 3.63) is 30.1 Å². The van der Waals surface area contributed by atoms with E-state index in [1.165, 1.54) is 0 Å². The lowest BCUT2D eigenvalue weighted by Gasteiger charge is -2.16. The molecule has 1 fully saturated rings. The highest BCUT2D eigenvalue weighted by Crippen LogP contribution is 2.29. The van der Waals surface area contributed by atoms with Crippen LogP contribution < -0.4 is 11.1 Å². The van der Waals surface area contributed by atoms with Crippen LogP contribution in [0.4, 0.5) is 5.82 Å². The molecule has 0 radical (unpaired) electrons. The average Bonchev–Trinajstić information content (AvgIpc) is 3.25. The quantitative estimate of drug-likeness (QED) is 0.627. The van der Waals surface area contributed by atoms with E-state index in [0.717, 1.165) is 73.1 Å². The van der Waals surface area contributed by atoms with Gasteiger partial charge in [-0.05, 0) is 38.8 Å². The molecule has 2 unspecified atom stereocenters. The molecule has 1 aliphatic heterocycles. The number of nitrogen functional groups attached to an aromatic ring is 1. The third-order valence-corrected chi connectivity index (χ3v) is 5.60. The smallest absolute Gasteiger partial charge is 0.152 e. The topological polar surface area (TPSA) is 78.0 Å². The van der Waals surface area contributed by atoms with Crippen LogP contribution in [0.3, 0.4) is 0 Å². The maximum atomic E-state index is 6.21. The zero-order valence-corrected chi connectivity index (χ0v) is 16.2. The zero-order chi connectivity index (χ0) is 18.8. The minimum absolute atomic E-state index is 0.330. The molecule has 2 aromatic heterocycles. The number of para-hydroxylation sites is 1. The van der Waals surface area contributed by atoms with Crippen molar-refractivity contribution in [1.82, 2.24) is 19.9 Å². The van der Waals surface area contributed by atoms with Gasteiger partial charge in [-0.25, -0.2) is 9.97 Å². The predicted octanol–water partition coefficient (Wildman–Crippen LogP) is 3.28. The van der Waals surface area contributed by atoms with Crippen LogP contribution >= 0.6 is 0 Å². The standard InChI is InChI=1S/C21H29N5O/c1-3-18-25-19-20(15-8-4-5-9-17(15)24-21(19)22)26(18)12-7-6-11-23-16-10-13-27-14(16)2/h4-5,8-9,14,16,23H,3,6-7,10-13H2,1-2H3,(H2,22,24). The molecule has 0 spiro atoms. The van der Waals surface area contributed by atoms with Crippen molar-refractivity contribution < 1.29 is 4.74 Å². The minimum Gasteiger partial charge on any atom is -0.382 e. The van der Waals surface area contributed by atoms with Gasteiger partial charge < -0.3 is 20.4 Å². The number of nitrogens with zero attached hydrogens (tertiary/aromatic N) is 3. The van der Waals surface area contributed by atoms with Crippen molar-refractivity contribution in [3.63, 3.8) is 0 Å². The molecule has 6 heteroatoms. The maximum absolute atomic E-state index is 6.21.